The monoisotopic (exact) mass is 415 g/mol. The number of carbonyl (C=O) groups excluding carboxylic acids is 2. The van der Waals surface area contributed by atoms with Crippen molar-refractivity contribution in [2.24, 2.45) is 0 Å². The van der Waals surface area contributed by atoms with Gasteiger partial charge in [0.15, 0.2) is 0 Å². The number of ether oxygens (including phenoxy) is 1. The average molecular weight is 415 g/mol. The Labute approximate surface area is 169 Å². The lowest BCUT2D eigenvalue weighted by Gasteiger charge is -2.12. The molecule has 0 aliphatic heterocycles. The number of rotatable bonds is 6. The van der Waals surface area contributed by atoms with Gasteiger partial charge in [0.2, 0.25) is 0 Å². The molecule has 0 bridgehead atoms. The van der Waals surface area contributed by atoms with E-state index in [0.717, 1.165) is 5.56 Å². The van der Waals surface area contributed by atoms with Gasteiger partial charge in [-0.25, -0.2) is 9.78 Å². The van der Waals surface area contributed by atoms with Crippen molar-refractivity contribution in [3.63, 3.8) is 0 Å². The number of hydrogen-bond acceptors (Lipinski definition) is 5. The van der Waals surface area contributed by atoms with Crippen molar-refractivity contribution in [2.75, 3.05) is 0 Å². The summed E-state index contributed by atoms with van der Waals surface area (Å²) in [6, 6.07) is 14.9. The molecule has 6 nitrogen and oxygen atoms in total. The molecular weight excluding hydrogens is 399 g/mol. The van der Waals surface area contributed by atoms with E-state index in [-0.39, 0.29) is 13.2 Å². The van der Waals surface area contributed by atoms with Crippen LogP contribution in [0.3, 0.4) is 0 Å². The summed E-state index contributed by atoms with van der Waals surface area (Å²) >= 11 is 0. The predicted octanol–water partition coefficient (Wildman–Crippen LogP) is 3.78. The number of esters is 1. The van der Waals surface area contributed by atoms with Crippen LogP contribution >= 0.6 is 0 Å². The Morgan fingerprint density at radius 3 is 2.33 bits per heavy atom. The zero-order chi connectivity index (χ0) is 21.6. The molecule has 3 rings (SSSR count). The molecule has 0 unspecified atom stereocenters. The van der Waals surface area contributed by atoms with E-state index in [1.807, 2.05) is 0 Å². The minimum atomic E-state index is -4.77. The van der Waals surface area contributed by atoms with Gasteiger partial charge in [-0.15, -0.1) is 0 Å². The number of halogens is 3. The first-order valence-corrected chi connectivity index (χ1v) is 8.81. The quantitative estimate of drug-likeness (QED) is 0.620. The van der Waals surface area contributed by atoms with Crippen molar-refractivity contribution in [3.8, 4) is 0 Å². The number of carbonyl (C=O) groups is 2. The molecule has 9 heteroatoms. The molecule has 30 heavy (non-hydrogen) atoms. The van der Waals surface area contributed by atoms with Crippen LogP contribution in [0.2, 0.25) is 0 Å². The fourth-order valence-electron chi connectivity index (χ4n) is 2.48. The van der Waals surface area contributed by atoms with E-state index in [0.29, 0.717) is 17.8 Å². The maximum Gasteiger partial charge on any atom is 0.416 e. The molecule has 3 aromatic rings. The molecule has 1 N–H and O–H groups in total. The Hall–Kier alpha value is -3.75. The number of hydrogen-bond donors (Lipinski definition) is 1. The first-order valence-electron chi connectivity index (χ1n) is 8.81. The summed E-state index contributed by atoms with van der Waals surface area (Å²) in [6.45, 7) is -0.149. The molecule has 0 saturated heterocycles. The van der Waals surface area contributed by atoms with Gasteiger partial charge in [0, 0.05) is 12.7 Å². The van der Waals surface area contributed by atoms with Crippen LogP contribution in [0.5, 0.6) is 0 Å². The third-order valence-corrected chi connectivity index (χ3v) is 3.97. The van der Waals surface area contributed by atoms with Crippen molar-refractivity contribution in [1.82, 2.24) is 15.3 Å². The largest absolute Gasteiger partial charge is 0.454 e. The Morgan fingerprint density at radius 1 is 0.967 bits per heavy atom. The molecule has 1 aromatic carbocycles. The molecule has 0 aliphatic carbocycles. The summed E-state index contributed by atoms with van der Waals surface area (Å²) in [5.41, 5.74) is -1.16. The van der Waals surface area contributed by atoms with E-state index in [9.17, 15) is 22.8 Å². The van der Waals surface area contributed by atoms with E-state index in [2.05, 4.69) is 15.3 Å². The number of nitrogens with one attached hydrogen (secondary N) is 1. The zero-order valence-corrected chi connectivity index (χ0v) is 15.5. The maximum absolute atomic E-state index is 13.3. The lowest BCUT2D eigenvalue weighted by molar-refractivity contribution is -0.137. The topological polar surface area (TPSA) is 81.2 Å². The molecule has 0 radical (unpaired) electrons. The van der Waals surface area contributed by atoms with Gasteiger partial charge in [-0.2, -0.15) is 13.2 Å². The molecule has 1 amide bonds. The second-order valence-electron chi connectivity index (χ2n) is 6.19. The molecule has 0 aliphatic rings. The standard InChI is InChI=1S/C21H16F3N3O3/c22-21(23,24)15-10-17(19(28)26-12-14-6-2-1-3-7-14)27-18(11-15)20(29)30-13-16-8-4-5-9-25-16/h1-11H,12-13H2,(H,26,28). The Bertz CT molecular complexity index is 952. The van der Waals surface area contributed by atoms with Crippen LogP contribution in [0.1, 0.15) is 37.8 Å². The van der Waals surface area contributed by atoms with Gasteiger partial charge in [0.1, 0.15) is 18.0 Å². The fourth-order valence-corrected chi connectivity index (χ4v) is 2.48. The molecule has 0 atom stereocenters. The SMILES string of the molecule is O=C(NCc1ccccc1)c1cc(C(F)(F)F)cc(C(=O)OCc2ccccn2)n1. The van der Waals surface area contributed by atoms with E-state index < -0.39 is 35.0 Å². The molecule has 0 spiro atoms. The van der Waals surface area contributed by atoms with E-state index in [1.54, 1.807) is 48.5 Å². The molecule has 154 valence electrons. The second kappa shape index (κ2) is 9.17. The first-order chi connectivity index (χ1) is 14.3. The van der Waals surface area contributed by atoms with Crippen LogP contribution in [0.4, 0.5) is 13.2 Å². The highest BCUT2D eigenvalue weighted by Crippen LogP contribution is 2.30. The van der Waals surface area contributed by atoms with E-state index in [1.165, 1.54) is 6.20 Å². The van der Waals surface area contributed by atoms with Crippen LogP contribution in [-0.2, 0) is 24.1 Å². The summed E-state index contributed by atoms with van der Waals surface area (Å²) < 4.78 is 44.7. The van der Waals surface area contributed by atoms with Crippen molar-refractivity contribution < 1.29 is 27.5 Å². The summed E-state index contributed by atoms with van der Waals surface area (Å²) in [4.78, 5) is 32.3. The number of benzene rings is 1. The fraction of sp³-hybridized carbons (Fsp3) is 0.143. The summed E-state index contributed by atoms with van der Waals surface area (Å²) in [5, 5.41) is 2.49. The second-order valence-corrected chi connectivity index (χ2v) is 6.19. The minimum Gasteiger partial charge on any atom is -0.454 e. The van der Waals surface area contributed by atoms with E-state index in [4.69, 9.17) is 4.74 Å². The molecule has 0 saturated carbocycles. The van der Waals surface area contributed by atoms with Gasteiger partial charge in [-0.3, -0.25) is 9.78 Å². The number of alkyl halides is 3. The van der Waals surface area contributed by atoms with Crippen molar-refractivity contribution in [1.29, 1.82) is 0 Å². The highest BCUT2D eigenvalue weighted by Gasteiger charge is 2.33. The zero-order valence-electron chi connectivity index (χ0n) is 15.5. The molecule has 2 aromatic heterocycles. The predicted molar refractivity (Wildman–Crippen MR) is 100 cm³/mol. The number of nitrogens with zero attached hydrogens (tertiary/aromatic N) is 2. The summed E-state index contributed by atoms with van der Waals surface area (Å²) in [5.74, 6) is -1.94. The van der Waals surface area contributed by atoms with Gasteiger partial charge in [0.05, 0.1) is 11.3 Å². The third kappa shape index (κ3) is 5.63. The van der Waals surface area contributed by atoms with Crippen molar-refractivity contribution >= 4 is 11.9 Å². The minimum absolute atomic E-state index is 0.0943. The van der Waals surface area contributed by atoms with Gasteiger partial charge >= 0.3 is 12.1 Å². The van der Waals surface area contributed by atoms with Gasteiger partial charge < -0.3 is 10.1 Å². The lowest BCUT2D eigenvalue weighted by atomic mass is 10.1. The van der Waals surface area contributed by atoms with Crippen LogP contribution in [0.15, 0.2) is 66.9 Å². The molecule has 0 fully saturated rings. The number of aromatic nitrogens is 2. The number of amides is 1. The van der Waals surface area contributed by atoms with Crippen molar-refractivity contribution in [2.45, 2.75) is 19.3 Å². The molecular formula is C21H16F3N3O3. The van der Waals surface area contributed by atoms with E-state index >= 15 is 0 Å². The number of pyridine rings is 2. The Balaban J connectivity index is 1.79. The molecule has 2 heterocycles. The van der Waals surface area contributed by atoms with Gasteiger partial charge in [0.25, 0.3) is 5.91 Å². The normalized spacial score (nSPS) is 11.0. The van der Waals surface area contributed by atoms with Crippen LogP contribution in [-0.4, -0.2) is 21.8 Å². The summed E-state index contributed by atoms with van der Waals surface area (Å²) in [6.07, 6.45) is -3.28. The Kier molecular flexibility index (Phi) is 6.41. The highest BCUT2D eigenvalue weighted by molar-refractivity contribution is 5.95. The maximum atomic E-state index is 13.3. The average Bonchev–Trinajstić information content (AvgIpc) is 2.76. The van der Waals surface area contributed by atoms with Crippen LogP contribution < -0.4 is 5.32 Å². The first kappa shape index (κ1) is 21.0. The van der Waals surface area contributed by atoms with Crippen LogP contribution in [0, 0.1) is 0 Å². The Morgan fingerprint density at radius 2 is 1.67 bits per heavy atom. The smallest absolute Gasteiger partial charge is 0.416 e. The van der Waals surface area contributed by atoms with Gasteiger partial charge in [-0.1, -0.05) is 36.4 Å². The van der Waals surface area contributed by atoms with Gasteiger partial charge in [-0.05, 0) is 29.8 Å². The van der Waals surface area contributed by atoms with Crippen molar-refractivity contribution in [3.05, 3.63) is 95.1 Å². The third-order valence-electron chi connectivity index (χ3n) is 3.97. The summed E-state index contributed by atoms with van der Waals surface area (Å²) in [7, 11) is 0. The highest BCUT2D eigenvalue weighted by atomic mass is 19.4. The van der Waals surface area contributed by atoms with Crippen LogP contribution in [0.25, 0.3) is 0 Å². The lowest BCUT2D eigenvalue weighted by Crippen LogP contribution is -2.25.